The zero-order valence-corrected chi connectivity index (χ0v) is 14.4. The van der Waals surface area contributed by atoms with Gasteiger partial charge in [0.05, 0.1) is 25.9 Å². The molecule has 0 saturated carbocycles. The quantitative estimate of drug-likeness (QED) is 0.873. The number of methoxy groups -OCH3 is 1. The van der Waals surface area contributed by atoms with Crippen molar-refractivity contribution in [3.05, 3.63) is 64.7 Å². The zero-order valence-electron chi connectivity index (χ0n) is 13.6. The number of nitrogens with zero attached hydrogens (tertiary/aromatic N) is 1. The summed E-state index contributed by atoms with van der Waals surface area (Å²) in [5.74, 6) is 0.771. The van der Waals surface area contributed by atoms with Crippen LogP contribution in [0.15, 0.2) is 48.5 Å². The van der Waals surface area contributed by atoms with Gasteiger partial charge in [0.25, 0.3) is 0 Å². The summed E-state index contributed by atoms with van der Waals surface area (Å²) in [6, 6.07) is 15.1. The molecule has 1 fully saturated rings. The van der Waals surface area contributed by atoms with E-state index in [0.717, 1.165) is 16.9 Å². The molecule has 1 aliphatic rings. The lowest BCUT2D eigenvalue weighted by molar-refractivity contribution is 0.0638. The molecule has 3 rings (SSSR count). The first-order valence-electron chi connectivity index (χ1n) is 8.04. The molecule has 4 nitrogen and oxygen atoms in total. The fraction of sp³-hybridized carbons (Fsp3) is 0.368. The van der Waals surface area contributed by atoms with Gasteiger partial charge in [0, 0.05) is 29.6 Å². The summed E-state index contributed by atoms with van der Waals surface area (Å²) < 4.78 is 5.41. The first kappa shape index (κ1) is 17.2. The minimum atomic E-state index is -0.620. The minimum absolute atomic E-state index is 0.0471. The fourth-order valence-corrected chi connectivity index (χ4v) is 3.58. The third-order valence-electron chi connectivity index (χ3n) is 4.76. The number of aliphatic hydroxyl groups is 2. The lowest BCUT2D eigenvalue weighted by Crippen LogP contribution is -2.38. The van der Waals surface area contributed by atoms with E-state index in [-0.39, 0.29) is 18.6 Å². The molecule has 0 bridgehead atoms. The van der Waals surface area contributed by atoms with Gasteiger partial charge in [0.2, 0.25) is 0 Å². The van der Waals surface area contributed by atoms with Crippen LogP contribution in [0, 0.1) is 0 Å². The lowest BCUT2D eigenvalue weighted by atomic mass is 9.94. The summed E-state index contributed by atoms with van der Waals surface area (Å²) in [4.78, 5) is 2.11. The number of aliphatic hydroxyl groups excluding tert-OH is 2. The van der Waals surface area contributed by atoms with Crippen LogP contribution < -0.4 is 4.74 Å². The molecule has 2 N–H and O–H groups in total. The third-order valence-corrected chi connectivity index (χ3v) is 5.01. The molecular formula is C19H22ClNO3. The van der Waals surface area contributed by atoms with E-state index >= 15 is 0 Å². The van der Waals surface area contributed by atoms with Crippen molar-refractivity contribution < 1.29 is 14.9 Å². The van der Waals surface area contributed by atoms with Crippen LogP contribution in [-0.2, 0) is 6.54 Å². The molecule has 24 heavy (non-hydrogen) atoms. The second kappa shape index (κ2) is 7.53. The Bertz CT molecular complexity index is 677. The third kappa shape index (κ3) is 3.42. The minimum Gasteiger partial charge on any atom is -0.496 e. The van der Waals surface area contributed by atoms with Crippen LogP contribution in [0.3, 0.4) is 0 Å². The van der Waals surface area contributed by atoms with Gasteiger partial charge in [-0.3, -0.25) is 4.90 Å². The molecule has 0 aromatic heterocycles. The van der Waals surface area contributed by atoms with Crippen molar-refractivity contribution in [2.24, 2.45) is 0 Å². The Morgan fingerprint density at radius 1 is 1.17 bits per heavy atom. The standard InChI is InChI=1S/C19H22ClNO3/c1-24-18-5-3-2-4-14(18)10-21-11-16(19(23)17(21)12-22)13-6-8-15(20)9-7-13/h2-9,16-17,19,22-23H,10-12H2,1H3/t16-,17-,19-/m1/s1. The van der Waals surface area contributed by atoms with Gasteiger partial charge in [0.15, 0.2) is 0 Å². The van der Waals surface area contributed by atoms with E-state index in [2.05, 4.69) is 4.90 Å². The number of rotatable bonds is 5. The topological polar surface area (TPSA) is 52.9 Å². The van der Waals surface area contributed by atoms with Crippen LogP contribution >= 0.6 is 11.6 Å². The van der Waals surface area contributed by atoms with Gasteiger partial charge >= 0.3 is 0 Å². The van der Waals surface area contributed by atoms with Crippen molar-refractivity contribution in [2.45, 2.75) is 24.6 Å². The molecule has 1 aliphatic heterocycles. The second-order valence-electron chi connectivity index (χ2n) is 6.14. The highest BCUT2D eigenvalue weighted by molar-refractivity contribution is 6.30. The molecule has 3 atom stereocenters. The highest BCUT2D eigenvalue weighted by Gasteiger charge is 2.41. The number of hydrogen-bond acceptors (Lipinski definition) is 4. The lowest BCUT2D eigenvalue weighted by Gasteiger charge is -2.24. The van der Waals surface area contributed by atoms with E-state index in [1.54, 1.807) is 7.11 Å². The fourth-order valence-electron chi connectivity index (χ4n) is 3.45. The number of halogens is 1. The highest BCUT2D eigenvalue weighted by atomic mass is 35.5. The summed E-state index contributed by atoms with van der Waals surface area (Å²) in [7, 11) is 1.65. The van der Waals surface area contributed by atoms with Crippen molar-refractivity contribution in [1.82, 2.24) is 4.90 Å². The van der Waals surface area contributed by atoms with Gasteiger partial charge in [-0.2, -0.15) is 0 Å². The molecule has 0 aliphatic carbocycles. The van der Waals surface area contributed by atoms with E-state index in [1.165, 1.54) is 0 Å². The van der Waals surface area contributed by atoms with Crippen LogP contribution in [0.2, 0.25) is 5.02 Å². The Hall–Kier alpha value is -1.59. The SMILES string of the molecule is COc1ccccc1CN1C[C@H](c2ccc(Cl)cc2)[C@@H](O)[C@H]1CO. The van der Waals surface area contributed by atoms with Gasteiger partial charge < -0.3 is 14.9 Å². The van der Waals surface area contributed by atoms with Crippen LogP contribution in [0.1, 0.15) is 17.0 Å². The van der Waals surface area contributed by atoms with Gasteiger partial charge in [-0.1, -0.05) is 41.9 Å². The maximum absolute atomic E-state index is 10.7. The Morgan fingerprint density at radius 3 is 2.54 bits per heavy atom. The van der Waals surface area contributed by atoms with E-state index in [1.807, 2.05) is 48.5 Å². The molecule has 5 heteroatoms. The molecule has 1 heterocycles. The first-order valence-corrected chi connectivity index (χ1v) is 8.42. The molecule has 0 spiro atoms. The second-order valence-corrected chi connectivity index (χ2v) is 6.58. The monoisotopic (exact) mass is 347 g/mol. The van der Waals surface area contributed by atoms with E-state index in [4.69, 9.17) is 16.3 Å². The van der Waals surface area contributed by atoms with Gasteiger partial charge in [0.1, 0.15) is 5.75 Å². The van der Waals surface area contributed by atoms with Gasteiger partial charge in [-0.25, -0.2) is 0 Å². The number of hydrogen-bond donors (Lipinski definition) is 2. The van der Waals surface area contributed by atoms with Crippen molar-refractivity contribution in [3.8, 4) is 5.75 Å². The summed E-state index contributed by atoms with van der Waals surface area (Å²) in [6.07, 6.45) is -0.620. The van der Waals surface area contributed by atoms with E-state index in [9.17, 15) is 10.2 Å². The molecule has 128 valence electrons. The van der Waals surface area contributed by atoms with Gasteiger partial charge in [-0.15, -0.1) is 0 Å². The molecule has 0 unspecified atom stereocenters. The Kier molecular flexibility index (Phi) is 5.41. The van der Waals surface area contributed by atoms with E-state index in [0.29, 0.717) is 18.1 Å². The first-order chi connectivity index (χ1) is 11.6. The Morgan fingerprint density at radius 2 is 1.88 bits per heavy atom. The Labute approximate surface area is 147 Å². The van der Waals surface area contributed by atoms with Crippen LogP contribution in [0.25, 0.3) is 0 Å². The van der Waals surface area contributed by atoms with Gasteiger partial charge in [-0.05, 0) is 23.8 Å². The van der Waals surface area contributed by atoms with E-state index < -0.39 is 6.10 Å². The molecular weight excluding hydrogens is 326 g/mol. The average Bonchev–Trinajstić information content (AvgIpc) is 2.91. The molecule has 0 radical (unpaired) electrons. The maximum Gasteiger partial charge on any atom is 0.123 e. The summed E-state index contributed by atoms with van der Waals surface area (Å²) in [5, 5.41) is 21.1. The number of ether oxygens (including phenoxy) is 1. The van der Waals surface area contributed by atoms with Crippen LogP contribution in [-0.4, -0.2) is 47.5 Å². The summed E-state index contributed by atoms with van der Waals surface area (Å²) in [6.45, 7) is 1.21. The molecule has 1 saturated heterocycles. The normalized spacial score (nSPS) is 24.2. The maximum atomic E-state index is 10.7. The number of likely N-dealkylation sites (tertiary alicyclic amines) is 1. The zero-order chi connectivity index (χ0) is 17.1. The Balaban J connectivity index is 1.82. The number of benzene rings is 2. The average molecular weight is 348 g/mol. The predicted molar refractivity (Wildman–Crippen MR) is 94.5 cm³/mol. The van der Waals surface area contributed by atoms with Crippen molar-refractivity contribution in [1.29, 1.82) is 0 Å². The smallest absolute Gasteiger partial charge is 0.123 e. The summed E-state index contributed by atoms with van der Waals surface area (Å²) >= 11 is 5.95. The van der Waals surface area contributed by atoms with Crippen LogP contribution in [0.5, 0.6) is 5.75 Å². The molecule has 2 aromatic carbocycles. The molecule has 0 amide bonds. The van der Waals surface area contributed by atoms with Crippen LogP contribution in [0.4, 0.5) is 0 Å². The summed E-state index contributed by atoms with van der Waals surface area (Å²) in [5.41, 5.74) is 2.08. The predicted octanol–water partition coefficient (Wildman–Crippen LogP) is 2.67. The molecule has 2 aromatic rings. The number of para-hydroxylation sites is 1. The van der Waals surface area contributed by atoms with Crippen molar-refractivity contribution in [2.75, 3.05) is 20.3 Å². The highest BCUT2D eigenvalue weighted by Crippen LogP contribution is 2.34. The van der Waals surface area contributed by atoms with Crippen molar-refractivity contribution >= 4 is 11.6 Å². The largest absolute Gasteiger partial charge is 0.496 e. The van der Waals surface area contributed by atoms with Crippen molar-refractivity contribution in [3.63, 3.8) is 0 Å².